The second kappa shape index (κ2) is 11.0. The Morgan fingerprint density at radius 3 is 2.58 bits per heavy atom. The van der Waals surface area contributed by atoms with Gasteiger partial charge in [0.15, 0.2) is 5.96 Å². The molecule has 0 aliphatic carbocycles. The lowest BCUT2D eigenvalue weighted by Crippen LogP contribution is -2.48. The molecule has 3 aromatic rings. The van der Waals surface area contributed by atoms with E-state index in [9.17, 15) is 4.79 Å². The van der Waals surface area contributed by atoms with E-state index in [-0.39, 0.29) is 11.7 Å². The van der Waals surface area contributed by atoms with E-state index in [1.54, 1.807) is 16.7 Å². The first-order valence-electron chi connectivity index (χ1n) is 11.6. The first-order chi connectivity index (χ1) is 16.1. The van der Waals surface area contributed by atoms with E-state index in [4.69, 9.17) is 9.73 Å². The van der Waals surface area contributed by atoms with Gasteiger partial charge in [0.1, 0.15) is 6.10 Å². The molecule has 4 rings (SSSR count). The highest BCUT2D eigenvalue weighted by molar-refractivity contribution is 5.80. The molecule has 0 radical (unpaired) electrons. The molecule has 1 aromatic heterocycles. The van der Waals surface area contributed by atoms with E-state index in [2.05, 4.69) is 72.6 Å². The van der Waals surface area contributed by atoms with Crippen molar-refractivity contribution in [2.75, 3.05) is 26.2 Å². The molecule has 1 saturated heterocycles. The van der Waals surface area contributed by atoms with Gasteiger partial charge in [-0.05, 0) is 42.2 Å². The SMILES string of the molecule is CCNC(=NCc1ccc(Cn2ccccc2=O)cc1)N1CCOC(c2ccccc2C)C1. The quantitative estimate of drug-likeness (QED) is 0.465. The number of guanidine groups is 1. The van der Waals surface area contributed by atoms with Gasteiger partial charge < -0.3 is 19.5 Å². The van der Waals surface area contributed by atoms with Gasteiger partial charge in [-0.25, -0.2) is 4.99 Å². The van der Waals surface area contributed by atoms with Crippen LogP contribution < -0.4 is 10.9 Å². The summed E-state index contributed by atoms with van der Waals surface area (Å²) >= 11 is 0. The van der Waals surface area contributed by atoms with Crippen LogP contribution in [-0.2, 0) is 17.8 Å². The molecule has 0 bridgehead atoms. The minimum atomic E-state index is 0.0102. The van der Waals surface area contributed by atoms with Crippen molar-refractivity contribution < 1.29 is 4.74 Å². The summed E-state index contributed by atoms with van der Waals surface area (Å²) in [7, 11) is 0. The largest absolute Gasteiger partial charge is 0.370 e. The lowest BCUT2D eigenvalue weighted by atomic mass is 10.0. The first-order valence-corrected chi connectivity index (χ1v) is 11.6. The van der Waals surface area contributed by atoms with Crippen LogP contribution >= 0.6 is 0 Å². The Bertz CT molecular complexity index is 1140. The minimum absolute atomic E-state index is 0.0102. The molecule has 1 atom stereocenters. The summed E-state index contributed by atoms with van der Waals surface area (Å²) in [4.78, 5) is 19.1. The van der Waals surface area contributed by atoms with E-state index in [1.165, 1.54) is 11.1 Å². The normalized spacial score (nSPS) is 16.6. The van der Waals surface area contributed by atoms with Gasteiger partial charge in [-0.3, -0.25) is 4.79 Å². The number of nitrogens with one attached hydrogen (secondary N) is 1. The van der Waals surface area contributed by atoms with Crippen LogP contribution in [0.5, 0.6) is 0 Å². The summed E-state index contributed by atoms with van der Waals surface area (Å²) in [5.41, 5.74) is 4.74. The maximum absolute atomic E-state index is 11.9. The van der Waals surface area contributed by atoms with E-state index >= 15 is 0 Å². The summed E-state index contributed by atoms with van der Waals surface area (Å²) in [5, 5.41) is 3.44. The van der Waals surface area contributed by atoms with Crippen LogP contribution in [0.3, 0.4) is 0 Å². The topological polar surface area (TPSA) is 58.9 Å². The number of hydrogen-bond acceptors (Lipinski definition) is 3. The summed E-state index contributed by atoms with van der Waals surface area (Å²) in [6.45, 7) is 8.48. The zero-order valence-electron chi connectivity index (χ0n) is 19.4. The standard InChI is InChI=1S/C27H32N4O2/c1-3-28-27(31-16-17-33-25(20-31)24-9-5-4-8-21(24)2)29-18-22-11-13-23(14-12-22)19-30-15-7-6-10-26(30)32/h4-15,25H,3,16-20H2,1-2H3,(H,28,29). The molecule has 0 amide bonds. The van der Waals surface area contributed by atoms with Crippen LogP contribution in [0.15, 0.2) is 82.7 Å². The summed E-state index contributed by atoms with van der Waals surface area (Å²) in [6, 6.07) is 22.0. The molecule has 1 aliphatic heterocycles. The maximum atomic E-state index is 11.9. The second-order valence-corrected chi connectivity index (χ2v) is 8.32. The molecule has 0 spiro atoms. The fourth-order valence-corrected chi connectivity index (χ4v) is 4.11. The van der Waals surface area contributed by atoms with Gasteiger partial charge in [0.25, 0.3) is 5.56 Å². The Balaban J connectivity index is 1.43. The van der Waals surface area contributed by atoms with Crippen molar-refractivity contribution in [2.45, 2.75) is 33.0 Å². The van der Waals surface area contributed by atoms with E-state index < -0.39 is 0 Å². The highest BCUT2D eigenvalue weighted by Gasteiger charge is 2.25. The lowest BCUT2D eigenvalue weighted by Gasteiger charge is -2.35. The third-order valence-electron chi connectivity index (χ3n) is 5.92. The van der Waals surface area contributed by atoms with Gasteiger partial charge in [-0.15, -0.1) is 0 Å². The average Bonchev–Trinajstić information content (AvgIpc) is 2.84. The molecule has 1 aliphatic rings. The van der Waals surface area contributed by atoms with E-state index in [0.29, 0.717) is 19.7 Å². The zero-order chi connectivity index (χ0) is 23.0. The molecule has 0 saturated carbocycles. The number of rotatable bonds is 6. The van der Waals surface area contributed by atoms with Gasteiger partial charge in [-0.2, -0.15) is 0 Å². The van der Waals surface area contributed by atoms with Crippen LogP contribution in [0, 0.1) is 6.92 Å². The third kappa shape index (κ3) is 5.90. The Morgan fingerprint density at radius 2 is 1.82 bits per heavy atom. The van der Waals surface area contributed by atoms with Crippen LogP contribution in [-0.4, -0.2) is 41.7 Å². The second-order valence-electron chi connectivity index (χ2n) is 8.32. The van der Waals surface area contributed by atoms with Crippen molar-refractivity contribution in [1.82, 2.24) is 14.8 Å². The molecule has 1 fully saturated rings. The Kier molecular flexibility index (Phi) is 7.58. The molecule has 33 heavy (non-hydrogen) atoms. The summed E-state index contributed by atoms with van der Waals surface area (Å²) in [5.74, 6) is 0.916. The Morgan fingerprint density at radius 1 is 1.06 bits per heavy atom. The smallest absolute Gasteiger partial charge is 0.250 e. The van der Waals surface area contributed by atoms with Crippen LogP contribution in [0.1, 0.15) is 35.3 Å². The lowest BCUT2D eigenvalue weighted by molar-refractivity contribution is -0.00834. The number of ether oxygens (including phenoxy) is 1. The molecule has 6 heteroatoms. The van der Waals surface area contributed by atoms with Gasteiger partial charge in [-0.1, -0.05) is 54.6 Å². The van der Waals surface area contributed by atoms with Crippen molar-refractivity contribution in [1.29, 1.82) is 0 Å². The van der Waals surface area contributed by atoms with Gasteiger partial charge in [0.2, 0.25) is 0 Å². The number of benzene rings is 2. The van der Waals surface area contributed by atoms with Crippen molar-refractivity contribution in [3.63, 3.8) is 0 Å². The summed E-state index contributed by atoms with van der Waals surface area (Å²) < 4.78 is 7.80. The zero-order valence-corrected chi connectivity index (χ0v) is 19.4. The van der Waals surface area contributed by atoms with E-state index in [0.717, 1.165) is 36.7 Å². The van der Waals surface area contributed by atoms with Crippen LogP contribution in [0.25, 0.3) is 0 Å². The molecule has 1 N–H and O–H groups in total. The van der Waals surface area contributed by atoms with Crippen molar-refractivity contribution in [3.05, 3.63) is 106 Å². The fraction of sp³-hybridized carbons (Fsp3) is 0.333. The Hall–Kier alpha value is -3.38. The fourth-order valence-electron chi connectivity index (χ4n) is 4.11. The maximum Gasteiger partial charge on any atom is 0.250 e. The predicted octanol–water partition coefficient (Wildman–Crippen LogP) is 3.74. The van der Waals surface area contributed by atoms with Gasteiger partial charge >= 0.3 is 0 Å². The molecule has 2 heterocycles. The van der Waals surface area contributed by atoms with Gasteiger partial charge in [0, 0.05) is 25.4 Å². The first kappa shape index (κ1) is 22.8. The van der Waals surface area contributed by atoms with Crippen LogP contribution in [0.2, 0.25) is 0 Å². The molecule has 1 unspecified atom stereocenters. The monoisotopic (exact) mass is 444 g/mol. The Labute approximate surface area is 195 Å². The third-order valence-corrected chi connectivity index (χ3v) is 5.92. The van der Waals surface area contributed by atoms with Gasteiger partial charge in [0.05, 0.1) is 26.2 Å². The molecule has 6 nitrogen and oxygen atoms in total. The number of aryl methyl sites for hydroxylation is 1. The number of hydrogen-bond donors (Lipinski definition) is 1. The number of pyridine rings is 1. The minimum Gasteiger partial charge on any atom is -0.370 e. The van der Waals surface area contributed by atoms with E-state index in [1.807, 2.05) is 12.3 Å². The summed E-state index contributed by atoms with van der Waals surface area (Å²) in [6.07, 6.45) is 1.86. The molecular formula is C27H32N4O2. The van der Waals surface area contributed by atoms with Crippen LogP contribution in [0.4, 0.5) is 0 Å². The van der Waals surface area contributed by atoms with Crippen molar-refractivity contribution in [2.24, 2.45) is 4.99 Å². The molecule has 2 aromatic carbocycles. The molecule has 172 valence electrons. The highest BCUT2D eigenvalue weighted by atomic mass is 16.5. The average molecular weight is 445 g/mol. The number of aliphatic imine (C=N–C) groups is 1. The van der Waals surface area contributed by atoms with Crippen molar-refractivity contribution >= 4 is 5.96 Å². The highest BCUT2D eigenvalue weighted by Crippen LogP contribution is 2.25. The number of nitrogens with zero attached hydrogens (tertiary/aromatic N) is 3. The number of aromatic nitrogens is 1. The predicted molar refractivity (Wildman–Crippen MR) is 133 cm³/mol. The number of morpholine rings is 1. The van der Waals surface area contributed by atoms with Crippen molar-refractivity contribution in [3.8, 4) is 0 Å². The molecular weight excluding hydrogens is 412 g/mol.